The molecule has 2 rings (SSSR count). The number of halogens is 1. The molecule has 0 bridgehead atoms. The fourth-order valence-electron chi connectivity index (χ4n) is 2.91. The first kappa shape index (κ1) is 19.0. The maximum absolute atomic E-state index is 12.2. The molecule has 4 heteroatoms. The molecule has 3 nitrogen and oxygen atoms in total. The van der Waals surface area contributed by atoms with Crippen LogP contribution in [0.4, 0.5) is 0 Å². The summed E-state index contributed by atoms with van der Waals surface area (Å²) in [6.45, 7) is 8.65. The number of carbonyl (C=O) groups excluding carboxylic acids is 1. The third-order valence-corrected chi connectivity index (χ3v) is 4.92. The summed E-state index contributed by atoms with van der Waals surface area (Å²) in [6.07, 6.45) is 2.84. The van der Waals surface area contributed by atoms with Crippen molar-refractivity contribution in [3.05, 3.63) is 35.9 Å². The summed E-state index contributed by atoms with van der Waals surface area (Å²) in [6, 6.07) is 10.5. The molecule has 1 heterocycles. The van der Waals surface area contributed by atoms with Gasteiger partial charge in [0.25, 0.3) is 0 Å². The number of hydrogen-bond acceptors (Lipinski definition) is 2. The standard InChI is InChI=1S/C18H28N2O.ClH/c1-14(18(2,3)16-7-5-4-6-8-16)20-17(21)10-9-15-11-12-19-13-15;/h4-8,14-15,19H,9-13H2,1-3H3,(H,20,21);1H. The first-order chi connectivity index (χ1) is 10.00. The Morgan fingerprint density at radius 3 is 2.64 bits per heavy atom. The Balaban J connectivity index is 0.00000242. The largest absolute Gasteiger partial charge is 0.353 e. The van der Waals surface area contributed by atoms with Gasteiger partial charge in [-0.05, 0) is 44.3 Å². The van der Waals surface area contributed by atoms with Crippen LogP contribution in [0.3, 0.4) is 0 Å². The van der Waals surface area contributed by atoms with E-state index in [9.17, 15) is 4.79 Å². The smallest absolute Gasteiger partial charge is 0.220 e. The predicted molar refractivity (Wildman–Crippen MR) is 94.5 cm³/mol. The van der Waals surface area contributed by atoms with E-state index in [4.69, 9.17) is 0 Å². The summed E-state index contributed by atoms with van der Waals surface area (Å²) in [5, 5.41) is 6.53. The van der Waals surface area contributed by atoms with Gasteiger partial charge in [0, 0.05) is 17.9 Å². The molecule has 2 N–H and O–H groups in total. The molecule has 22 heavy (non-hydrogen) atoms. The fourth-order valence-corrected chi connectivity index (χ4v) is 2.91. The van der Waals surface area contributed by atoms with E-state index in [0.717, 1.165) is 19.5 Å². The Morgan fingerprint density at radius 1 is 1.36 bits per heavy atom. The van der Waals surface area contributed by atoms with Crippen LogP contribution in [0.5, 0.6) is 0 Å². The van der Waals surface area contributed by atoms with Crippen LogP contribution in [-0.2, 0) is 10.2 Å². The Morgan fingerprint density at radius 2 is 2.05 bits per heavy atom. The average Bonchev–Trinajstić information content (AvgIpc) is 2.99. The van der Waals surface area contributed by atoms with Crippen LogP contribution in [0, 0.1) is 5.92 Å². The molecule has 1 aliphatic rings. The average molecular weight is 325 g/mol. The van der Waals surface area contributed by atoms with Gasteiger partial charge in [-0.3, -0.25) is 4.79 Å². The number of hydrogen-bond donors (Lipinski definition) is 2. The predicted octanol–water partition coefficient (Wildman–Crippen LogP) is 3.28. The highest BCUT2D eigenvalue weighted by atomic mass is 35.5. The zero-order valence-electron chi connectivity index (χ0n) is 13.9. The van der Waals surface area contributed by atoms with Gasteiger partial charge in [0.1, 0.15) is 0 Å². The molecule has 0 aromatic heterocycles. The highest BCUT2D eigenvalue weighted by molar-refractivity contribution is 5.85. The second-order valence-corrected chi connectivity index (χ2v) is 6.77. The zero-order chi connectivity index (χ0) is 15.3. The van der Waals surface area contributed by atoms with Crippen molar-refractivity contribution in [1.82, 2.24) is 10.6 Å². The lowest BCUT2D eigenvalue weighted by Gasteiger charge is -2.33. The summed E-state index contributed by atoms with van der Waals surface area (Å²) < 4.78 is 0. The molecule has 1 amide bonds. The molecule has 124 valence electrons. The van der Waals surface area contributed by atoms with Gasteiger partial charge in [-0.1, -0.05) is 44.2 Å². The molecule has 0 aliphatic carbocycles. The number of rotatable bonds is 6. The molecule has 1 aromatic rings. The van der Waals surface area contributed by atoms with E-state index in [1.165, 1.54) is 12.0 Å². The lowest BCUT2D eigenvalue weighted by atomic mass is 9.78. The molecule has 2 atom stereocenters. The third-order valence-electron chi connectivity index (χ3n) is 4.92. The van der Waals surface area contributed by atoms with Crippen LogP contribution < -0.4 is 10.6 Å². The minimum absolute atomic E-state index is 0. The number of benzene rings is 1. The van der Waals surface area contributed by atoms with Crippen molar-refractivity contribution in [2.24, 2.45) is 5.92 Å². The second kappa shape index (κ2) is 8.54. The first-order valence-corrected chi connectivity index (χ1v) is 8.05. The van der Waals surface area contributed by atoms with Gasteiger partial charge in [0.2, 0.25) is 5.91 Å². The third kappa shape index (κ3) is 4.99. The van der Waals surface area contributed by atoms with Gasteiger partial charge in [-0.2, -0.15) is 0 Å². The van der Waals surface area contributed by atoms with Crippen molar-refractivity contribution >= 4 is 18.3 Å². The van der Waals surface area contributed by atoms with Crippen molar-refractivity contribution in [2.75, 3.05) is 13.1 Å². The van der Waals surface area contributed by atoms with Crippen LogP contribution in [-0.4, -0.2) is 25.0 Å². The quantitative estimate of drug-likeness (QED) is 0.843. The van der Waals surface area contributed by atoms with Crippen molar-refractivity contribution < 1.29 is 4.79 Å². The lowest BCUT2D eigenvalue weighted by Crippen LogP contribution is -2.45. The van der Waals surface area contributed by atoms with Crippen LogP contribution in [0.2, 0.25) is 0 Å². The Hall–Kier alpha value is -1.06. The lowest BCUT2D eigenvalue weighted by molar-refractivity contribution is -0.122. The SMILES string of the molecule is CC(NC(=O)CCC1CCNC1)C(C)(C)c1ccccc1.Cl. The molecular weight excluding hydrogens is 296 g/mol. The van der Waals surface area contributed by atoms with Gasteiger partial charge in [-0.15, -0.1) is 12.4 Å². The van der Waals surface area contributed by atoms with Gasteiger partial charge < -0.3 is 10.6 Å². The molecular formula is C18H29ClN2O. The van der Waals surface area contributed by atoms with E-state index in [0.29, 0.717) is 12.3 Å². The highest BCUT2D eigenvalue weighted by Crippen LogP contribution is 2.27. The second-order valence-electron chi connectivity index (χ2n) is 6.77. The fraction of sp³-hybridized carbons (Fsp3) is 0.611. The van der Waals surface area contributed by atoms with E-state index >= 15 is 0 Å². The van der Waals surface area contributed by atoms with E-state index in [-0.39, 0.29) is 29.8 Å². The summed E-state index contributed by atoms with van der Waals surface area (Å²) in [5.74, 6) is 0.853. The van der Waals surface area contributed by atoms with Gasteiger partial charge in [-0.25, -0.2) is 0 Å². The minimum Gasteiger partial charge on any atom is -0.353 e. The number of nitrogens with one attached hydrogen (secondary N) is 2. The monoisotopic (exact) mass is 324 g/mol. The molecule has 1 fully saturated rings. The number of carbonyl (C=O) groups is 1. The molecule has 2 unspecified atom stereocenters. The highest BCUT2D eigenvalue weighted by Gasteiger charge is 2.29. The van der Waals surface area contributed by atoms with Crippen LogP contribution in [0.1, 0.15) is 45.6 Å². The van der Waals surface area contributed by atoms with E-state index in [1.54, 1.807) is 0 Å². The molecule has 0 radical (unpaired) electrons. The normalized spacial score (nSPS) is 19.3. The molecule has 1 saturated heterocycles. The molecule has 0 spiro atoms. The van der Waals surface area contributed by atoms with Crippen LogP contribution in [0.15, 0.2) is 30.3 Å². The Kier molecular flexibility index (Phi) is 7.37. The summed E-state index contributed by atoms with van der Waals surface area (Å²) in [5.41, 5.74) is 1.20. The van der Waals surface area contributed by atoms with Crippen molar-refractivity contribution in [3.8, 4) is 0 Å². The van der Waals surface area contributed by atoms with E-state index in [2.05, 4.69) is 55.7 Å². The van der Waals surface area contributed by atoms with Gasteiger partial charge >= 0.3 is 0 Å². The molecule has 0 saturated carbocycles. The zero-order valence-corrected chi connectivity index (χ0v) is 14.7. The van der Waals surface area contributed by atoms with Crippen molar-refractivity contribution in [2.45, 2.75) is 51.5 Å². The topological polar surface area (TPSA) is 41.1 Å². The summed E-state index contributed by atoms with van der Waals surface area (Å²) in [4.78, 5) is 12.2. The van der Waals surface area contributed by atoms with Gasteiger partial charge in [0.05, 0.1) is 0 Å². The van der Waals surface area contributed by atoms with Crippen LogP contribution >= 0.6 is 12.4 Å². The maximum Gasteiger partial charge on any atom is 0.220 e. The summed E-state index contributed by atoms with van der Waals surface area (Å²) >= 11 is 0. The number of amides is 1. The summed E-state index contributed by atoms with van der Waals surface area (Å²) in [7, 11) is 0. The molecule has 1 aliphatic heterocycles. The first-order valence-electron chi connectivity index (χ1n) is 8.05. The van der Waals surface area contributed by atoms with Crippen molar-refractivity contribution in [3.63, 3.8) is 0 Å². The van der Waals surface area contributed by atoms with Crippen molar-refractivity contribution in [1.29, 1.82) is 0 Å². The van der Waals surface area contributed by atoms with Gasteiger partial charge in [0.15, 0.2) is 0 Å². The Bertz CT molecular complexity index is 455. The minimum atomic E-state index is -0.0637. The maximum atomic E-state index is 12.2. The molecule has 1 aromatic carbocycles. The van der Waals surface area contributed by atoms with E-state index < -0.39 is 0 Å². The van der Waals surface area contributed by atoms with E-state index in [1.807, 2.05) is 6.07 Å². The van der Waals surface area contributed by atoms with Crippen LogP contribution in [0.25, 0.3) is 0 Å². The Labute approximate surface area is 140 Å².